The van der Waals surface area contributed by atoms with Crippen LogP contribution < -0.4 is 10.3 Å². The Hall–Kier alpha value is -2.38. The van der Waals surface area contributed by atoms with Crippen LogP contribution in [0.1, 0.15) is 26.7 Å². The van der Waals surface area contributed by atoms with Crippen molar-refractivity contribution in [3.63, 3.8) is 0 Å². The third-order valence-electron chi connectivity index (χ3n) is 3.43. The molecule has 2 aromatic heterocycles. The molecule has 26 heavy (non-hydrogen) atoms. The van der Waals surface area contributed by atoms with Crippen molar-refractivity contribution < 1.29 is 9.15 Å². The first-order valence-corrected chi connectivity index (χ1v) is 8.51. The van der Waals surface area contributed by atoms with Gasteiger partial charge in [-0.15, -0.1) is 10.2 Å². The second kappa shape index (κ2) is 7.09. The molecule has 136 valence electrons. The number of benzene rings is 1. The maximum absolute atomic E-state index is 12.3. The Labute approximate surface area is 159 Å². The first kappa shape index (κ1) is 18.4. The molecule has 0 fully saturated rings. The topological polar surface area (TPSA) is 83.0 Å². The zero-order chi connectivity index (χ0) is 18.9. The van der Waals surface area contributed by atoms with Gasteiger partial charge < -0.3 is 9.15 Å². The lowest BCUT2D eigenvalue weighted by Gasteiger charge is -2.20. The minimum absolute atomic E-state index is 0.0407. The van der Waals surface area contributed by atoms with Gasteiger partial charge in [0.1, 0.15) is 0 Å². The molecule has 0 aliphatic rings. The number of rotatable bonds is 4. The first-order chi connectivity index (χ1) is 12.3. The van der Waals surface area contributed by atoms with E-state index in [9.17, 15) is 4.79 Å². The maximum Gasteiger partial charge on any atom is 0.289 e. The summed E-state index contributed by atoms with van der Waals surface area (Å²) in [5.41, 5.74) is -0.177. The van der Waals surface area contributed by atoms with Crippen LogP contribution in [-0.4, -0.2) is 20.0 Å². The average Bonchev–Trinajstić information content (AvgIpc) is 3.04. The van der Waals surface area contributed by atoms with Gasteiger partial charge in [0.2, 0.25) is 5.89 Å². The Kier molecular flexibility index (Phi) is 5.02. The largest absolute Gasteiger partial charge is 0.480 e. The van der Waals surface area contributed by atoms with Gasteiger partial charge in [0.25, 0.3) is 11.4 Å². The van der Waals surface area contributed by atoms with Crippen LogP contribution in [0.25, 0.3) is 11.5 Å². The zero-order valence-corrected chi connectivity index (χ0v) is 15.9. The molecule has 0 aliphatic carbocycles. The van der Waals surface area contributed by atoms with E-state index in [4.69, 9.17) is 32.4 Å². The molecule has 0 amide bonds. The van der Waals surface area contributed by atoms with Crippen LogP contribution >= 0.6 is 23.2 Å². The van der Waals surface area contributed by atoms with Crippen LogP contribution in [0.2, 0.25) is 10.0 Å². The van der Waals surface area contributed by atoms with Gasteiger partial charge in [-0.3, -0.25) is 4.79 Å². The van der Waals surface area contributed by atoms with Gasteiger partial charge in [0.15, 0.2) is 17.4 Å². The van der Waals surface area contributed by atoms with Crippen LogP contribution in [0, 0.1) is 0 Å². The number of halogens is 2. The van der Waals surface area contributed by atoms with Crippen LogP contribution in [0.15, 0.2) is 39.7 Å². The average molecular weight is 395 g/mol. The van der Waals surface area contributed by atoms with E-state index in [2.05, 4.69) is 15.3 Å². The Morgan fingerprint density at radius 1 is 1.15 bits per heavy atom. The number of aromatic nitrogens is 4. The molecule has 0 spiro atoms. The summed E-state index contributed by atoms with van der Waals surface area (Å²) in [6, 6.07) is 7.00. The predicted octanol–water partition coefficient (Wildman–Crippen LogP) is 3.93. The highest BCUT2D eigenvalue weighted by Crippen LogP contribution is 2.23. The maximum atomic E-state index is 12.3. The summed E-state index contributed by atoms with van der Waals surface area (Å²) in [7, 11) is 0. The fourth-order valence-electron chi connectivity index (χ4n) is 2.16. The molecule has 2 heterocycles. The van der Waals surface area contributed by atoms with Crippen molar-refractivity contribution in [2.24, 2.45) is 0 Å². The number of hydrogen-bond acceptors (Lipinski definition) is 6. The monoisotopic (exact) mass is 394 g/mol. The van der Waals surface area contributed by atoms with Crippen molar-refractivity contribution in [1.82, 2.24) is 20.0 Å². The van der Waals surface area contributed by atoms with Crippen LogP contribution in [0.4, 0.5) is 0 Å². The van der Waals surface area contributed by atoms with Crippen molar-refractivity contribution in [2.75, 3.05) is 0 Å². The molecule has 0 saturated heterocycles. The Morgan fingerprint density at radius 2 is 1.85 bits per heavy atom. The standard InChI is InChI=1S/C17H16Cl2N4O3/c1-17(2,3)23-16(24)14(19)12(8-20-23)25-9-13-21-22-15(26-13)10-4-6-11(18)7-5-10/h4-8H,9H2,1-3H3. The molecule has 0 saturated carbocycles. The molecule has 0 unspecified atom stereocenters. The van der Waals surface area contributed by atoms with Crippen LogP contribution in [-0.2, 0) is 12.1 Å². The Bertz CT molecular complexity index is 975. The van der Waals surface area contributed by atoms with E-state index in [1.165, 1.54) is 10.9 Å². The fraction of sp³-hybridized carbons (Fsp3) is 0.294. The normalized spacial score (nSPS) is 11.6. The molecule has 7 nitrogen and oxygen atoms in total. The van der Waals surface area contributed by atoms with Gasteiger partial charge in [0.05, 0.1) is 11.7 Å². The minimum Gasteiger partial charge on any atom is -0.480 e. The quantitative estimate of drug-likeness (QED) is 0.666. The molecule has 0 atom stereocenters. The van der Waals surface area contributed by atoms with Gasteiger partial charge in [0, 0.05) is 10.6 Å². The third-order valence-corrected chi connectivity index (χ3v) is 4.03. The number of nitrogens with zero attached hydrogens (tertiary/aromatic N) is 4. The highest BCUT2D eigenvalue weighted by atomic mass is 35.5. The summed E-state index contributed by atoms with van der Waals surface area (Å²) in [6.07, 6.45) is 1.39. The smallest absolute Gasteiger partial charge is 0.289 e. The predicted molar refractivity (Wildman–Crippen MR) is 97.6 cm³/mol. The van der Waals surface area contributed by atoms with Gasteiger partial charge in [-0.25, -0.2) is 4.68 Å². The number of ether oxygens (including phenoxy) is 1. The van der Waals surface area contributed by atoms with E-state index in [0.29, 0.717) is 10.9 Å². The molecular formula is C17H16Cl2N4O3. The molecule has 0 bridgehead atoms. The van der Waals surface area contributed by atoms with E-state index in [1.807, 2.05) is 20.8 Å². The molecular weight excluding hydrogens is 379 g/mol. The molecule has 3 rings (SSSR count). The summed E-state index contributed by atoms with van der Waals surface area (Å²) in [4.78, 5) is 12.3. The lowest BCUT2D eigenvalue weighted by Crippen LogP contribution is -2.36. The van der Waals surface area contributed by atoms with E-state index in [1.54, 1.807) is 24.3 Å². The fourth-order valence-corrected chi connectivity index (χ4v) is 2.47. The van der Waals surface area contributed by atoms with E-state index in [0.717, 1.165) is 5.56 Å². The van der Waals surface area contributed by atoms with Gasteiger partial charge in [-0.05, 0) is 45.0 Å². The summed E-state index contributed by atoms with van der Waals surface area (Å²) in [5, 5.41) is 12.5. The van der Waals surface area contributed by atoms with Crippen LogP contribution in [0.5, 0.6) is 5.75 Å². The van der Waals surface area contributed by atoms with Crippen LogP contribution in [0.3, 0.4) is 0 Å². The van der Waals surface area contributed by atoms with Crippen molar-refractivity contribution in [3.05, 3.63) is 56.8 Å². The molecule has 3 aromatic rings. The third kappa shape index (κ3) is 3.89. The summed E-state index contributed by atoms with van der Waals surface area (Å²) in [5.74, 6) is 0.738. The summed E-state index contributed by atoms with van der Waals surface area (Å²) < 4.78 is 12.4. The Morgan fingerprint density at radius 3 is 2.50 bits per heavy atom. The molecule has 0 radical (unpaired) electrons. The molecule has 0 N–H and O–H groups in total. The van der Waals surface area contributed by atoms with Crippen molar-refractivity contribution in [3.8, 4) is 17.2 Å². The number of hydrogen-bond donors (Lipinski definition) is 0. The van der Waals surface area contributed by atoms with Gasteiger partial charge in [-0.1, -0.05) is 23.2 Å². The second-order valence-electron chi connectivity index (χ2n) is 6.51. The highest BCUT2D eigenvalue weighted by molar-refractivity contribution is 6.31. The van der Waals surface area contributed by atoms with Crippen molar-refractivity contribution in [2.45, 2.75) is 32.9 Å². The summed E-state index contributed by atoms with van der Waals surface area (Å²) >= 11 is 12.0. The van der Waals surface area contributed by atoms with Gasteiger partial charge >= 0.3 is 0 Å². The second-order valence-corrected chi connectivity index (χ2v) is 7.32. The van der Waals surface area contributed by atoms with Gasteiger partial charge in [-0.2, -0.15) is 5.10 Å². The zero-order valence-electron chi connectivity index (χ0n) is 14.4. The SMILES string of the molecule is CC(C)(C)n1ncc(OCc2nnc(-c3ccc(Cl)cc3)o2)c(Cl)c1=O. The van der Waals surface area contributed by atoms with E-state index in [-0.39, 0.29) is 23.3 Å². The molecule has 9 heteroatoms. The molecule has 0 aliphatic heterocycles. The minimum atomic E-state index is -0.487. The van der Waals surface area contributed by atoms with Crippen molar-refractivity contribution >= 4 is 23.2 Å². The highest BCUT2D eigenvalue weighted by Gasteiger charge is 2.20. The lowest BCUT2D eigenvalue weighted by molar-refractivity contribution is 0.258. The lowest BCUT2D eigenvalue weighted by atomic mass is 10.1. The Balaban J connectivity index is 1.75. The summed E-state index contributed by atoms with van der Waals surface area (Å²) in [6.45, 7) is 5.53. The molecule has 1 aromatic carbocycles. The first-order valence-electron chi connectivity index (χ1n) is 7.75. The van der Waals surface area contributed by atoms with Crippen molar-refractivity contribution in [1.29, 1.82) is 0 Å². The van der Waals surface area contributed by atoms with E-state index < -0.39 is 11.1 Å². The van der Waals surface area contributed by atoms with E-state index >= 15 is 0 Å².